The molecule has 0 spiro atoms. The van der Waals surface area contributed by atoms with Crippen molar-refractivity contribution in [2.75, 3.05) is 7.11 Å². The van der Waals surface area contributed by atoms with Gasteiger partial charge in [-0.25, -0.2) is 0 Å². The molecule has 0 fully saturated rings. The maximum absolute atomic E-state index is 11.0. The number of ether oxygens (including phenoxy) is 1. The van der Waals surface area contributed by atoms with E-state index in [1.54, 1.807) is 18.3 Å². The van der Waals surface area contributed by atoms with Gasteiger partial charge in [0.1, 0.15) is 0 Å². The molecule has 0 aliphatic carbocycles. The van der Waals surface area contributed by atoms with Gasteiger partial charge in [-0.1, -0.05) is 0 Å². The number of hydrogen-bond acceptors (Lipinski definition) is 3. The van der Waals surface area contributed by atoms with Crippen LogP contribution in [-0.2, 0) is 4.74 Å². The number of carbonyl (C=O) groups excluding carboxylic acids is 1. The number of aromatic nitrogens is 1. The number of methoxy groups -OCH3 is 1. The Bertz CT molecular complexity index is 312. The van der Waals surface area contributed by atoms with E-state index in [4.69, 9.17) is 0 Å². The van der Waals surface area contributed by atoms with Crippen molar-refractivity contribution >= 4 is 34.9 Å². The second-order valence-electron chi connectivity index (χ2n) is 2.10. The fourth-order valence-electron chi connectivity index (χ4n) is 0.772. The Morgan fingerprint density at radius 2 is 2.50 bits per heavy atom. The van der Waals surface area contributed by atoms with Crippen LogP contribution in [0.2, 0.25) is 0 Å². The second-order valence-corrected chi connectivity index (χ2v) is 4.57. The van der Waals surface area contributed by atoms with Crippen molar-refractivity contribution in [1.82, 2.24) is 4.98 Å². The molecule has 61 valence electrons. The van der Waals surface area contributed by atoms with Crippen LogP contribution >= 0.6 is 0 Å². The molecular weight excluding hydrogens is 261 g/mol. The van der Waals surface area contributed by atoms with E-state index in [1.807, 2.05) is 0 Å². The predicted octanol–water partition coefficient (Wildman–Crippen LogP) is -0.370. The molecule has 3 nitrogen and oxygen atoms in total. The first-order valence-electron chi connectivity index (χ1n) is 3.35. The molecule has 0 unspecified atom stereocenters. The third-order valence-electron chi connectivity index (χ3n) is 1.36. The van der Waals surface area contributed by atoms with Gasteiger partial charge in [0.15, 0.2) is 0 Å². The third-order valence-corrected chi connectivity index (χ3v) is 3.18. The molecule has 0 bridgehead atoms. The van der Waals surface area contributed by atoms with E-state index in [9.17, 15) is 4.79 Å². The van der Waals surface area contributed by atoms with Gasteiger partial charge in [-0.15, -0.1) is 0 Å². The average molecular weight is 269 g/mol. The topological polar surface area (TPSA) is 39.2 Å². The summed E-state index contributed by atoms with van der Waals surface area (Å²) in [6.45, 7) is 0. The number of esters is 1. The van der Waals surface area contributed by atoms with Crippen molar-refractivity contribution in [1.29, 1.82) is 0 Å². The average Bonchev–Trinajstić information content (AvgIpc) is 2.17. The molecule has 0 aliphatic rings. The zero-order chi connectivity index (χ0) is 8.97. The first-order chi connectivity index (χ1) is 5.77. The number of nitrogens with zero attached hydrogens (tertiary/aromatic N) is 1. The van der Waals surface area contributed by atoms with Gasteiger partial charge >= 0.3 is 80.4 Å². The van der Waals surface area contributed by atoms with Gasteiger partial charge in [0.2, 0.25) is 0 Å². The van der Waals surface area contributed by atoms with Gasteiger partial charge in [-0.2, -0.15) is 0 Å². The Morgan fingerprint density at radius 3 is 3.08 bits per heavy atom. The van der Waals surface area contributed by atoms with Crippen LogP contribution in [-0.4, -0.2) is 43.3 Å². The van der Waals surface area contributed by atoms with Crippen LogP contribution in [0.25, 0.3) is 0 Å². The number of rotatable bonds is 2. The van der Waals surface area contributed by atoms with Crippen LogP contribution in [0.3, 0.4) is 0 Å². The number of pyridine rings is 1. The van der Waals surface area contributed by atoms with E-state index in [0.717, 1.165) is 3.71 Å². The molecule has 1 aromatic rings. The fraction of sp³-hybridized carbons (Fsp3) is 0.125. The van der Waals surface area contributed by atoms with Crippen molar-refractivity contribution in [3.8, 4) is 0 Å². The first kappa shape index (κ1) is 9.38. The number of hydrogen-bond donors (Lipinski definition) is 0. The Kier molecular flexibility index (Phi) is 3.40. The molecule has 0 saturated heterocycles. The van der Waals surface area contributed by atoms with E-state index in [1.165, 1.54) is 7.11 Å². The zero-order valence-corrected chi connectivity index (χ0v) is 9.56. The summed E-state index contributed by atoms with van der Waals surface area (Å²) >= 11 is -0.788. The molecule has 0 aromatic carbocycles. The fourth-order valence-corrected chi connectivity index (χ4v) is 1.98. The van der Waals surface area contributed by atoms with E-state index in [-0.39, 0.29) is 5.97 Å². The molecule has 4 heteroatoms. The van der Waals surface area contributed by atoms with E-state index < -0.39 is 20.7 Å². The predicted molar refractivity (Wildman–Crippen MR) is 48.1 cm³/mol. The summed E-state index contributed by atoms with van der Waals surface area (Å²) in [5.74, 6) is -0.313. The van der Waals surface area contributed by atoms with Crippen molar-refractivity contribution in [3.63, 3.8) is 0 Å². The second kappa shape index (κ2) is 4.35. The quantitative estimate of drug-likeness (QED) is 0.543. The molecule has 0 atom stereocenters. The van der Waals surface area contributed by atoms with Gasteiger partial charge < -0.3 is 0 Å². The summed E-state index contributed by atoms with van der Waals surface area (Å²) < 4.78 is 9.36. The molecule has 1 aromatic heterocycles. The summed E-state index contributed by atoms with van der Waals surface area (Å²) in [5.41, 5.74) is 0.562. The molecule has 0 amide bonds. The Labute approximate surface area is 80.5 Å². The minimum atomic E-state index is -0.788. The van der Waals surface area contributed by atoms with Crippen LogP contribution in [0.1, 0.15) is 10.4 Å². The Hall–Kier alpha value is -0.711. The number of carbonyl (C=O) groups is 1. The SMILES string of the molecule is [CH2]=[Sn][c]1cc(C(=O)OC)ccn1. The van der Waals surface area contributed by atoms with Crippen molar-refractivity contribution < 1.29 is 9.53 Å². The molecule has 1 radical (unpaired) electrons. The Morgan fingerprint density at radius 1 is 1.75 bits per heavy atom. The van der Waals surface area contributed by atoms with Crippen LogP contribution in [0.15, 0.2) is 18.3 Å². The third kappa shape index (κ3) is 2.14. The van der Waals surface area contributed by atoms with Crippen LogP contribution in [0.4, 0.5) is 0 Å². The summed E-state index contributed by atoms with van der Waals surface area (Å²) in [5, 5.41) is 0. The summed E-state index contributed by atoms with van der Waals surface area (Å²) in [6.07, 6.45) is 1.62. The van der Waals surface area contributed by atoms with Gasteiger partial charge in [0, 0.05) is 0 Å². The molecule has 0 saturated carbocycles. The molecule has 1 rings (SSSR count). The molecule has 1 heterocycles. The van der Waals surface area contributed by atoms with Crippen molar-refractivity contribution in [3.05, 3.63) is 23.9 Å². The summed E-state index contributed by atoms with van der Waals surface area (Å²) in [4.78, 5) is 15.1. The van der Waals surface area contributed by atoms with Crippen LogP contribution in [0, 0.1) is 0 Å². The van der Waals surface area contributed by atoms with Crippen molar-refractivity contribution in [2.24, 2.45) is 0 Å². The van der Waals surface area contributed by atoms with Crippen LogP contribution in [0.5, 0.6) is 0 Å². The first-order valence-corrected chi connectivity index (χ1v) is 6.80. The molecule has 0 aliphatic heterocycles. The van der Waals surface area contributed by atoms with Gasteiger partial charge in [0.25, 0.3) is 0 Å². The van der Waals surface area contributed by atoms with Gasteiger partial charge in [-0.3, -0.25) is 0 Å². The van der Waals surface area contributed by atoms with Crippen LogP contribution < -0.4 is 3.71 Å². The van der Waals surface area contributed by atoms with Crippen molar-refractivity contribution in [2.45, 2.75) is 0 Å². The monoisotopic (exact) mass is 270 g/mol. The maximum atomic E-state index is 11.0. The van der Waals surface area contributed by atoms with E-state index in [2.05, 4.69) is 14.2 Å². The van der Waals surface area contributed by atoms with E-state index in [0.29, 0.717) is 5.56 Å². The Balaban J connectivity index is 3.01. The molecule has 12 heavy (non-hydrogen) atoms. The summed E-state index contributed by atoms with van der Waals surface area (Å²) in [6, 6.07) is 3.40. The van der Waals surface area contributed by atoms with Gasteiger partial charge in [0.05, 0.1) is 0 Å². The molecular formula is C8H8NO2Sn. The summed E-state index contributed by atoms with van der Waals surface area (Å²) in [7, 11) is 1.37. The molecule has 0 N–H and O–H groups in total. The van der Waals surface area contributed by atoms with Gasteiger partial charge in [-0.05, 0) is 0 Å². The van der Waals surface area contributed by atoms with E-state index >= 15 is 0 Å². The standard InChI is InChI=1S/C7H6NO2.CH2.Sn/c1-10-7(9)6-2-4-8-5-3-6;;/h2-4H,1H3;1H2;. The minimum absolute atomic E-state index is 0.313. The normalized spacial score (nSPS) is 9.08. The zero-order valence-electron chi connectivity index (χ0n) is 6.70.